The molecule has 8 nitrogen and oxygen atoms in total. The van der Waals surface area contributed by atoms with Crippen molar-refractivity contribution in [1.29, 1.82) is 0 Å². The molecule has 0 aromatic carbocycles. The number of rotatable bonds is 4. The van der Waals surface area contributed by atoms with Crippen LogP contribution in [0, 0.1) is 0 Å². The summed E-state index contributed by atoms with van der Waals surface area (Å²) in [6, 6.07) is 0.881. The molecule has 0 amide bonds. The van der Waals surface area contributed by atoms with Gasteiger partial charge in [0, 0.05) is 48.5 Å². The molecule has 1 aliphatic carbocycles. The number of hydrogen-bond acceptors (Lipinski definition) is 6. The fourth-order valence-corrected chi connectivity index (χ4v) is 3.81. The monoisotopic (exact) mass is 399 g/mol. The molecule has 0 saturated heterocycles. The first-order valence-corrected chi connectivity index (χ1v) is 9.42. The third kappa shape index (κ3) is 3.04. The van der Waals surface area contributed by atoms with Crippen molar-refractivity contribution in [2.75, 3.05) is 12.4 Å². The molecule has 29 heavy (non-hydrogen) atoms. The van der Waals surface area contributed by atoms with Crippen LogP contribution in [0.4, 0.5) is 14.7 Å². The minimum absolute atomic E-state index is 0.117. The van der Waals surface area contributed by atoms with Gasteiger partial charge < -0.3 is 10.1 Å². The Labute approximate surface area is 164 Å². The first kappa shape index (κ1) is 17.8. The minimum Gasteiger partial charge on any atom is -0.479 e. The van der Waals surface area contributed by atoms with Crippen LogP contribution in [0.2, 0.25) is 0 Å². The molecule has 0 spiro atoms. The van der Waals surface area contributed by atoms with Gasteiger partial charge in [-0.3, -0.25) is 4.40 Å². The van der Waals surface area contributed by atoms with E-state index in [-0.39, 0.29) is 12.4 Å². The SMILES string of the molecule is COc1nc(N[C@H]2CCCCC2(F)F)nn2ccc(-c3cnc4nccn4c3)c12. The van der Waals surface area contributed by atoms with Crippen LogP contribution in [0.1, 0.15) is 25.7 Å². The van der Waals surface area contributed by atoms with Gasteiger partial charge in [-0.05, 0) is 18.9 Å². The predicted molar refractivity (Wildman–Crippen MR) is 102 cm³/mol. The van der Waals surface area contributed by atoms with Gasteiger partial charge in [0.2, 0.25) is 17.6 Å². The average Bonchev–Trinajstić information content (AvgIpc) is 3.35. The average molecular weight is 399 g/mol. The molecule has 150 valence electrons. The number of anilines is 1. The Morgan fingerprint density at radius 3 is 2.97 bits per heavy atom. The molecule has 0 radical (unpaired) electrons. The van der Waals surface area contributed by atoms with Gasteiger partial charge in [0.05, 0.1) is 13.2 Å². The molecule has 4 aromatic rings. The lowest BCUT2D eigenvalue weighted by atomic mass is 9.92. The highest BCUT2D eigenvalue weighted by atomic mass is 19.3. The second-order valence-electron chi connectivity index (χ2n) is 7.15. The summed E-state index contributed by atoms with van der Waals surface area (Å²) in [5, 5.41) is 7.19. The molecule has 4 heterocycles. The van der Waals surface area contributed by atoms with Crippen LogP contribution in [-0.2, 0) is 0 Å². The molecule has 0 bridgehead atoms. The number of alkyl halides is 2. The van der Waals surface area contributed by atoms with E-state index < -0.39 is 12.0 Å². The van der Waals surface area contributed by atoms with Crippen molar-refractivity contribution in [1.82, 2.24) is 29.0 Å². The number of fused-ring (bicyclic) bond motifs is 2. The van der Waals surface area contributed by atoms with E-state index >= 15 is 0 Å². The van der Waals surface area contributed by atoms with Crippen LogP contribution in [0.3, 0.4) is 0 Å². The van der Waals surface area contributed by atoms with E-state index in [0.717, 1.165) is 17.5 Å². The second-order valence-corrected chi connectivity index (χ2v) is 7.15. The maximum atomic E-state index is 14.2. The summed E-state index contributed by atoms with van der Waals surface area (Å²) in [6.07, 6.45) is 10.4. The quantitative estimate of drug-likeness (QED) is 0.566. The number of hydrogen-bond donors (Lipinski definition) is 1. The van der Waals surface area contributed by atoms with Gasteiger partial charge in [0.15, 0.2) is 0 Å². The van der Waals surface area contributed by atoms with Crippen molar-refractivity contribution in [3.05, 3.63) is 37.1 Å². The molecular weight excluding hydrogens is 380 g/mol. The molecule has 1 N–H and O–H groups in total. The summed E-state index contributed by atoms with van der Waals surface area (Å²) in [5.74, 6) is -1.77. The van der Waals surface area contributed by atoms with E-state index in [4.69, 9.17) is 4.74 Å². The number of nitrogens with one attached hydrogen (secondary N) is 1. The molecule has 4 aromatic heterocycles. The summed E-state index contributed by atoms with van der Waals surface area (Å²) >= 11 is 0. The smallest absolute Gasteiger partial charge is 0.267 e. The fourth-order valence-electron chi connectivity index (χ4n) is 3.81. The standard InChI is InChI=1S/C19H19F2N7O/c1-29-16-15-13(12-10-23-18-22-7-9-27(18)11-12)5-8-28(15)26-17(25-16)24-14-4-2-3-6-19(14,20)21/h5,7-11,14H,2-4,6H2,1H3,(H,24,26)/t14-/m0/s1. The van der Waals surface area contributed by atoms with Crippen molar-refractivity contribution in [2.24, 2.45) is 0 Å². The van der Waals surface area contributed by atoms with Gasteiger partial charge in [-0.1, -0.05) is 6.42 Å². The Morgan fingerprint density at radius 2 is 2.14 bits per heavy atom. The number of imidazole rings is 1. The lowest BCUT2D eigenvalue weighted by Gasteiger charge is -2.31. The number of halogens is 2. The van der Waals surface area contributed by atoms with Crippen LogP contribution in [0.15, 0.2) is 37.1 Å². The maximum Gasteiger partial charge on any atom is 0.267 e. The molecule has 1 fully saturated rings. The van der Waals surface area contributed by atoms with E-state index in [1.165, 1.54) is 7.11 Å². The molecule has 1 atom stereocenters. The largest absolute Gasteiger partial charge is 0.479 e. The van der Waals surface area contributed by atoms with Gasteiger partial charge in [0.25, 0.3) is 5.92 Å². The Balaban J connectivity index is 1.55. The van der Waals surface area contributed by atoms with E-state index in [9.17, 15) is 8.78 Å². The molecule has 0 aliphatic heterocycles. The maximum absolute atomic E-state index is 14.2. The Kier molecular flexibility index (Phi) is 4.07. The van der Waals surface area contributed by atoms with E-state index in [2.05, 4.69) is 25.4 Å². The minimum atomic E-state index is -2.78. The molecule has 1 saturated carbocycles. The summed E-state index contributed by atoms with van der Waals surface area (Å²) in [6.45, 7) is 0. The van der Waals surface area contributed by atoms with E-state index in [1.54, 1.807) is 23.1 Å². The highest BCUT2D eigenvalue weighted by Gasteiger charge is 2.42. The third-order valence-corrected chi connectivity index (χ3v) is 5.29. The lowest BCUT2D eigenvalue weighted by Crippen LogP contribution is -2.42. The van der Waals surface area contributed by atoms with Gasteiger partial charge in [-0.15, -0.1) is 5.10 Å². The normalized spacial score (nSPS) is 18.9. The Bertz CT molecular complexity index is 1190. The zero-order chi connectivity index (χ0) is 20.0. The molecule has 1 aliphatic rings. The van der Waals surface area contributed by atoms with Crippen LogP contribution in [0.5, 0.6) is 5.88 Å². The zero-order valence-electron chi connectivity index (χ0n) is 15.7. The summed E-state index contributed by atoms with van der Waals surface area (Å²) in [7, 11) is 1.50. The van der Waals surface area contributed by atoms with Gasteiger partial charge in [-0.2, -0.15) is 4.98 Å². The zero-order valence-corrected chi connectivity index (χ0v) is 15.7. The summed E-state index contributed by atoms with van der Waals surface area (Å²) in [4.78, 5) is 12.8. The van der Waals surface area contributed by atoms with Crippen LogP contribution < -0.4 is 10.1 Å². The molecule has 10 heteroatoms. The van der Waals surface area contributed by atoms with Crippen molar-refractivity contribution in [3.8, 4) is 17.0 Å². The topological polar surface area (TPSA) is 81.6 Å². The van der Waals surface area contributed by atoms with Crippen LogP contribution in [-0.4, -0.2) is 48.0 Å². The fraction of sp³-hybridized carbons (Fsp3) is 0.368. The van der Waals surface area contributed by atoms with Crippen molar-refractivity contribution in [2.45, 2.75) is 37.6 Å². The Hall–Kier alpha value is -3.30. The second kappa shape index (κ2) is 6.64. The van der Waals surface area contributed by atoms with Gasteiger partial charge in [0.1, 0.15) is 5.52 Å². The first-order valence-electron chi connectivity index (χ1n) is 9.42. The summed E-state index contributed by atoms with van der Waals surface area (Å²) < 4.78 is 37.3. The van der Waals surface area contributed by atoms with Crippen molar-refractivity contribution < 1.29 is 13.5 Å². The first-order chi connectivity index (χ1) is 14.0. The van der Waals surface area contributed by atoms with Crippen molar-refractivity contribution in [3.63, 3.8) is 0 Å². The molecule has 0 unspecified atom stereocenters. The highest BCUT2D eigenvalue weighted by Crippen LogP contribution is 2.36. The van der Waals surface area contributed by atoms with E-state index in [0.29, 0.717) is 30.0 Å². The number of methoxy groups -OCH3 is 1. The van der Waals surface area contributed by atoms with Gasteiger partial charge in [-0.25, -0.2) is 23.3 Å². The summed E-state index contributed by atoms with van der Waals surface area (Å²) in [5.41, 5.74) is 2.29. The van der Waals surface area contributed by atoms with E-state index in [1.807, 2.05) is 22.9 Å². The number of aromatic nitrogens is 6. The molecule has 5 rings (SSSR count). The number of nitrogens with zero attached hydrogens (tertiary/aromatic N) is 6. The number of ether oxygens (including phenoxy) is 1. The Morgan fingerprint density at radius 1 is 1.24 bits per heavy atom. The predicted octanol–water partition coefficient (Wildman–Crippen LogP) is 3.44. The molecular formula is C19H19F2N7O. The van der Waals surface area contributed by atoms with Crippen LogP contribution in [0.25, 0.3) is 22.4 Å². The third-order valence-electron chi connectivity index (χ3n) is 5.29. The van der Waals surface area contributed by atoms with Gasteiger partial charge >= 0.3 is 0 Å². The van der Waals surface area contributed by atoms with Crippen LogP contribution >= 0.6 is 0 Å². The lowest BCUT2D eigenvalue weighted by molar-refractivity contribution is -0.0451. The van der Waals surface area contributed by atoms with Crippen molar-refractivity contribution >= 4 is 17.2 Å². The highest BCUT2D eigenvalue weighted by molar-refractivity contribution is 5.84.